The molecular weight excluding hydrogens is 404 g/mol. The van der Waals surface area contributed by atoms with Crippen molar-refractivity contribution in [3.05, 3.63) is 63.6 Å². The van der Waals surface area contributed by atoms with Crippen molar-refractivity contribution in [2.24, 2.45) is 0 Å². The summed E-state index contributed by atoms with van der Waals surface area (Å²) in [6, 6.07) is 16.0. The second kappa shape index (κ2) is 7.94. The van der Waals surface area contributed by atoms with E-state index in [9.17, 15) is 4.79 Å². The predicted octanol–water partition coefficient (Wildman–Crippen LogP) is 3.96. The van der Waals surface area contributed by atoms with Crippen LogP contribution in [0.1, 0.15) is 16.8 Å². The molecule has 2 unspecified atom stereocenters. The van der Waals surface area contributed by atoms with Gasteiger partial charge in [0, 0.05) is 29.0 Å². The average Bonchev–Trinajstić information content (AvgIpc) is 3.39. The normalized spacial score (nSPS) is 17.9. The third kappa shape index (κ3) is 4.31. The molecule has 1 aliphatic rings. The molecule has 0 bridgehead atoms. The van der Waals surface area contributed by atoms with E-state index in [4.69, 9.17) is 24.4 Å². The van der Waals surface area contributed by atoms with E-state index < -0.39 is 0 Å². The molecule has 2 atom stereocenters. The summed E-state index contributed by atoms with van der Waals surface area (Å²) >= 11 is 10.5. The first-order chi connectivity index (χ1) is 13.9. The fraction of sp³-hybridized carbons (Fsp3) is 0.250. The van der Waals surface area contributed by atoms with Gasteiger partial charge in [0.15, 0.2) is 9.54 Å². The number of nitrogens with zero attached hydrogens (tertiary/aromatic N) is 2. The van der Waals surface area contributed by atoms with Gasteiger partial charge in [0.05, 0.1) is 5.69 Å². The minimum absolute atomic E-state index is 0.172. The highest BCUT2D eigenvalue weighted by molar-refractivity contribution is 7.72. The number of benzene rings is 2. The molecule has 29 heavy (non-hydrogen) atoms. The van der Waals surface area contributed by atoms with Gasteiger partial charge in [0.2, 0.25) is 0 Å². The second-order valence-corrected chi connectivity index (χ2v) is 8.07. The molecule has 2 aromatic carbocycles. The zero-order valence-corrected chi connectivity index (χ0v) is 17.7. The summed E-state index contributed by atoms with van der Waals surface area (Å²) in [5, 5.41) is 12.0. The number of aromatic amines is 2. The van der Waals surface area contributed by atoms with Crippen LogP contribution in [0.25, 0.3) is 5.69 Å². The first-order valence-electron chi connectivity index (χ1n) is 9.27. The highest BCUT2D eigenvalue weighted by atomic mass is 32.1. The van der Waals surface area contributed by atoms with Crippen LogP contribution in [-0.2, 0) is 0 Å². The van der Waals surface area contributed by atoms with Crippen molar-refractivity contribution in [3.63, 3.8) is 0 Å². The third-order valence-electron chi connectivity index (χ3n) is 4.96. The Kier molecular flexibility index (Phi) is 5.35. The van der Waals surface area contributed by atoms with Crippen LogP contribution in [0, 0.1) is 9.54 Å². The highest BCUT2D eigenvalue weighted by Gasteiger charge is 2.38. The van der Waals surface area contributed by atoms with Gasteiger partial charge < -0.3 is 15.5 Å². The van der Waals surface area contributed by atoms with Crippen LogP contribution in [-0.4, -0.2) is 51.8 Å². The van der Waals surface area contributed by atoms with E-state index in [0.29, 0.717) is 32.9 Å². The molecule has 1 saturated carbocycles. The third-order valence-corrected chi connectivity index (χ3v) is 5.53. The van der Waals surface area contributed by atoms with Crippen LogP contribution in [0.15, 0.2) is 48.5 Å². The van der Waals surface area contributed by atoms with E-state index in [0.717, 1.165) is 17.8 Å². The standard InChI is InChI=1S/C20H22N6OS2/c1-25(2)17-11-16(17)21-13-8-6-12(7-9-13)18(27)22-14-4-3-5-15(10-14)26-19(28)23-24-20(26)29/h3-10,16-17,21H,11H2,1-2H3,(H,22,27)(H,23,28)(H,24,29). The van der Waals surface area contributed by atoms with Crippen molar-refractivity contribution in [2.75, 3.05) is 24.7 Å². The number of H-pyrrole nitrogens is 2. The molecule has 0 aliphatic heterocycles. The van der Waals surface area contributed by atoms with Crippen molar-refractivity contribution in [1.82, 2.24) is 19.7 Å². The van der Waals surface area contributed by atoms with E-state index in [1.54, 1.807) is 4.57 Å². The molecule has 150 valence electrons. The second-order valence-electron chi connectivity index (χ2n) is 7.30. The van der Waals surface area contributed by atoms with Gasteiger partial charge in [-0.15, -0.1) is 0 Å². The lowest BCUT2D eigenvalue weighted by atomic mass is 10.2. The Labute approximate surface area is 178 Å². The Balaban J connectivity index is 1.44. The largest absolute Gasteiger partial charge is 0.381 e. The molecule has 4 N–H and O–H groups in total. The summed E-state index contributed by atoms with van der Waals surface area (Å²) in [4.78, 5) is 14.9. The van der Waals surface area contributed by atoms with E-state index in [1.807, 2.05) is 48.5 Å². The number of carbonyl (C=O) groups excluding carboxylic acids is 1. The minimum Gasteiger partial charge on any atom is -0.381 e. The number of nitrogens with one attached hydrogen (secondary N) is 4. The smallest absolute Gasteiger partial charge is 0.255 e. The molecule has 0 radical (unpaired) electrons. The van der Waals surface area contributed by atoms with Crippen LogP contribution < -0.4 is 10.6 Å². The first kappa shape index (κ1) is 19.6. The molecule has 9 heteroatoms. The quantitative estimate of drug-likeness (QED) is 0.449. The zero-order chi connectivity index (χ0) is 20.5. The number of hydrogen-bond donors (Lipinski definition) is 4. The molecular formula is C20H22N6OS2. The Bertz CT molecular complexity index is 1120. The molecule has 0 spiro atoms. The lowest BCUT2D eigenvalue weighted by molar-refractivity contribution is 0.102. The van der Waals surface area contributed by atoms with Gasteiger partial charge in [-0.3, -0.25) is 19.6 Å². The number of carbonyl (C=O) groups is 1. The van der Waals surface area contributed by atoms with Crippen molar-refractivity contribution in [2.45, 2.75) is 18.5 Å². The summed E-state index contributed by atoms with van der Waals surface area (Å²) in [7, 11) is 4.18. The maximum atomic E-state index is 12.6. The van der Waals surface area contributed by atoms with Gasteiger partial charge in [0.1, 0.15) is 0 Å². The molecule has 1 aliphatic carbocycles. The summed E-state index contributed by atoms with van der Waals surface area (Å²) in [6.45, 7) is 0. The fourth-order valence-corrected chi connectivity index (χ4v) is 3.86. The minimum atomic E-state index is -0.172. The van der Waals surface area contributed by atoms with Crippen LogP contribution in [0.2, 0.25) is 0 Å². The van der Waals surface area contributed by atoms with Crippen LogP contribution in [0.5, 0.6) is 0 Å². The van der Waals surface area contributed by atoms with Gasteiger partial charge in [-0.25, -0.2) is 0 Å². The molecule has 3 aromatic rings. The highest BCUT2D eigenvalue weighted by Crippen LogP contribution is 2.29. The number of anilines is 2. The van der Waals surface area contributed by atoms with Crippen LogP contribution in [0.4, 0.5) is 11.4 Å². The number of aromatic nitrogens is 3. The van der Waals surface area contributed by atoms with Crippen LogP contribution in [0.3, 0.4) is 0 Å². The van der Waals surface area contributed by atoms with Gasteiger partial charge in [0.25, 0.3) is 5.91 Å². The average molecular weight is 427 g/mol. The Morgan fingerprint density at radius 3 is 2.38 bits per heavy atom. The van der Waals surface area contributed by atoms with E-state index >= 15 is 0 Å². The maximum Gasteiger partial charge on any atom is 0.255 e. The molecule has 1 aromatic heterocycles. The van der Waals surface area contributed by atoms with Crippen molar-refractivity contribution < 1.29 is 4.79 Å². The molecule has 1 heterocycles. The van der Waals surface area contributed by atoms with Gasteiger partial charge in [-0.2, -0.15) is 0 Å². The van der Waals surface area contributed by atoms with Crippen molar-refractivity contribution in [1.29, 1.82) is 0 Å². The summed E-state index contributed by atoms with van der Waals surface area (Å²) in [5.74, 6) is -0.172. The molecule has 0 saturated heterocycles. The lowest BCUT2D eigenvalue weighted by Crippen LogP contribution is -2.21. The Morgan fingerprint density at radius 2 is 1.76 bits per heavy atom. The fourth-order valence-electron chi connectivity index (χ4n) is 3.31. The molecule has 1 fully saturated rings. The molecule has 4 rings (SSSR count). The monoisotopic (exact) mass is 426 g/mol. The summed E-state index contributed by atoms with van der Waals surface area (Å²) in [6.07, 6.45) is 1.14. The van der Waals surface area contributed by atoms with E-state index in [1.165, 1.54) is 0 Å². The number of hydrogen-bond acceptors (Lipinski definition) is 5. The zero-order valence-electron chi connectivity index (χ0n) is 16.1. The van der Waals surface area contributed by atoms with Gasteiger partial charge >= 0.3 is 0 Å². The number of likely N-dealkylation sites (N-methyl/N-ethyl adjacent to an activating group) is 1. The number of rotatable bonds is 6. The topological polar surface area (TPSA) is 80.9 Å². The van der Waals surface area contributed by atoms with E-state index in [-0.39, 0.29) is 5.91 Å². The molecule has 1 amide bonds. The van der Waals surface area contributed by atoms with Crippen molar-refractivity contribution in [3.8, 4) is 5.69 Å². The summed E-state index contributed by atoms with van der Waals surface area (Å²) < 4.78 is 2.63. The molecule has 7 nitrogen and oxygen atoms in total. The Morgan fingerprint density at radius 1 is 1.07 bits per heavy atom. The van der Waals surface area contributed by atoms with Gasteiger partial charge in [-0.05, 0) is 87.4 Å². The van der Waals surface area contributed by atoms with Crippen LogP contribution >= 0.6 is 24.4 Å². The first-order valence-corrected chi connectivity index (χ1v) is 10.1. The Hall–Kier alpha value is -2.75. The maximum absolute atomic E-state index is 12.6. The lowest BCUT2D eigenvalue weighted by Gasteiger charge is -2.11. The van der Waals surface area contributed by atoms with E-state index in [2.05, 4.69) is 39.8 Å². The summed E-state index contributed by atoms with van der Waals surface area (Å²) in [5.41, 5.74) is 3.05. The van der Waals surface area contributed by atoms with Crippen molar-refractivity contribution >= 4 is 41.7 Å². The number of amides is 1. The SMILES string of the molecule is CN(C)C1CC1Nc1ccc(C(=O)Nc2cccc(-n3c(=S)[nH][nH]c3=S)c2)cc1. The predicted molar refractivity (Wildman–Crippen MR) is 120 cm³/mol. The van der Waals surface area contributed by atoms with Gasteiger partial charge in [-0.1, -0.05) is 6.07 Å².